The number of benzene rings is 2. The molecular formula is C18H20N4O3. The quantitative estimate of drug-likeness (QED) is 0.635. The fraction of sp³-hybridized carbons (Fsp3) is 0.167. The molecule has 0 aliphatic rings. The van der Waals surface area contributed by atoms with Crippen molar-refractivity contribution in [3.63, 3.8) is 0 Å². The second kappa shape index (κ2) is 8.49. The molecule has 0 saturated carbocycles. The number of nitrogens with two attached hydrogens (primary N) is 1. The summed E-state index contributed by atoms with van der Waals surface area (Å²) in [7, 11) is 1.54. The minimum Gasteiger partial charge on any atom is -0.355 e. The van der Waals surface area contributed by atoms with Crippen LogP contribution < -0.4 is 21.7 Å². The second-order valence-corrected chi connectivity index (χ2v) is 5.40. The topological polar surface area (TPSA) is 113 Å². The number of carbonyl (C=O) groups excluding carboxylic acids is 3. The zero-order valence-electron chi connectivity index (χ0n) is 13.8. The summed E-state index contributed by atoms with van der Waals surface area (Å²) < 4.78 is 0. The van der Waals surface area contributed by atoms with Crippen molar-refractivity contribution < 1.29 is 14.4 Å². The molecule has 0 heterocycles. The smallest absolute Gasteiger partial charge is 0.312 e. The molecule has 0 aliphatic carbocycles. The number of hydrogen-bond donors (Lipinski definition) is 4. The molecular weight excluding hydrogens is 320 g/mol. The van der Waals surface area contributed by atoms with Crippen molar-refractivity contribution in [3.8, 4) is 0 Å². The van der Waals surface area contributed by atoms with E-state index in [1.54, 1.807) is 31.3 Å². The molecule has 0 unspecified atom stereocenters. The molecule has 0 aromatic heterocycles. The number of nitrogens with one attached hydrogen (secondary N) is 3. The summed E-state index contributed by atoms with van der Waals surface area (Å²) in [5.41, 5.74) is 7.07. The van der Waals surface area contributed by atoms with Gasteiger partial charge in [-0.25, -0.2) is 4.79 Å². The highest BCUT2D eigenvalue weighted by atomic mass is 16.2. The normalized spacial score (nSPS) is 11.2. The fourth-order valence-electron chi connectivity index (χ4n) is 2.31. The number of rotatable bonds is 6. The van der Waals surface area contributed by atoms with Gasteiger partial charge in [0.1, 0.15) is 6.04 Å². The van der Waals surface area contributed by atoms with Crippen molar-refractivity contribution in [3.05, 3.63) is 65.7 Å². The highest BCUT2D eigenvalue weighted by Crippen LogP contribution is 2.11. The highest BCUT2D eigenvalue weighted by molar-refractivity contribution is 5.98. The van der Waals surface area contributed by atoms with Crippen LogP contribution >= 0.6 is 0 Å². The van der Waals surface area contributed by atoms with Gasteiger partial charge in [0.05, 0.1) is 0 Å². The SMILES string of the molecule is CNC(=O)c1ccc(NC(=O)[C@@H](Cc2ccccc2)NC(N)=O)cc1. The molecule has 4 amide bonds. The summed E-state index contributed by atoms with van der Waals surface area (Å²) in [5, 5.41) is 7.68. The zero-order chi connectivity index (χ0) is 18.2. The number of primary amides is 1. The van der Waals surface area contributed by atoms with Gasteiger partial charge in [0.15, 0.2) is 0 Å². The van der Waals surface area contributed by atoms with E-state index in [1.165, 1.54) is 0 Å². The second-order valence-electron chi connectivity index (χ2n) is 5.40. The van der Waals surface area contributed by atoms with E-state index >= 15 is 0 Å². The minimum atomic E-state index is -0.807. The zero-order valence-corrected chi connectivity index (χ0v) is 13.8. The third-order valence-corrected chi connectivity index (χ3v) is 3.56. The Kier molecular flexibility index (Phi) is 6.11. The first-order valence-corrected chi connectivity index (χ1v) is 7.72. The molecule has 7 heteroatoms. The van der Waals surface area contributed by atoms with E-state index in [4.69, 9.17) is 5.73 Å². The molecule has 0 aliphatic heterocycles. The average molecular weight is 340 g/mol. The van der Waals surface area contributed by atoms with Gasteiger partial charge < -0.3 is 21.7 Å². The lowest BCUT2D eigenvalue weighted by molar-refractivity contribution is -0.117. The van der Waals surface area contributed by atoms with Crippen LogP contribution in [0.4, 0.5) is 10.5 Å². The molecule has 1 atom stereocenters. The molecule has 0 bridgehead atoms. The molecule has 0 spiro atoms. The summed E-state index contributed by atoms with van der Waals surface area (Å²) in [4.78, 5) is 35.2. The molecule has 5 N–H and O–H groups in total. The van der Waals surface area contributed by atoms with Crippen molar-refractivity contribution in [2.24, 2.45) is 5.73 Å². The summed E-state index contributed by atoms with van der Waals surface area (Å²) in [6.07, 6.45) is 0.311. The Bertz CT molecular complexity index is 745. The Morgan fingerprint density at radius 1 is 1.00 bits per heavy atom. The van der Waals surface area contributed by atoms with Crippen molar-refractivity contribution in [2.75, 3.05) is 12.4 Å². The molecule has 2 aromatic rings. The largest absolute Gasteiger partial charge is 0.355 e. The van der Waals surface area contributed by atoms with E-state index in [1.807, 2.05) is 30.3 Å². The van der Waals surface area contributed by atoms with E-state index in [0.29, 0.717) is 17.7 Å². The van der Waals surface area contributed by atoms with Crippen molar-refractivity contribution in [1.82, 2.24) is 10.6 Å². The number of anilines is 1. The lowest BCUT2D eigenvalue weighted by atomic mass is 10.1. The third kappa shape index (κ3) is 5.35. The van der Waals surface area contributed by atoms with Gasteiger partial charge >= 0.3 is 6.03 Å². The van der Waals surface area contributed by atoms with Gasteiger partial charge in [-0.2, -0.15) is 0 Å². The van der Waals surface area contributed by atoms with Crippen LogP contribution in [0.5, 0.6) is 0 Å². The summed E-state index contributed by atoms with van der Waals surface area (Å²) >= 11 is 0. The van der Waals surface area contributed by atoms with Crippen LogP contribution in [0.3, 0.4) is 0 Å². The van der Waals surface area contributed by atoms with Crippen LogP contribution in [0.15, 0.2) is 54.6 Å². The van der Waals surface area contributed by atoms with E-state index in [-0.39, 0.29) is 5.91 Å². The molecule has 25 heavy (non-hydrogen) atoms. The lowest BCUT2D eigenvalue weighted by Crippen LogP contribution is -2.47. The van der Waals surface area contributed by atoms with Gasteiger partial charge in [-0.05, 0) is 29.8 Å². The maximum absolute atomic E-state index is 12.5. The first-order valence-electron chi connectivity index (χ1n) is 7.72. The van der Waals surface area contributed by atoms with E-state index in [9.17, 15) is 14.4 Å². The van der Waals surface area contributed by atoms with Crippen molar-refractivity contribution in [1.29, 1.82) is 0 Å². The summed E-state index contributed by atoms with van der Waals surface area (Å²) in [5.74, 6) is -0.606. The first kappa shape index (κ1) is 18.0. The number of hydrogen-bond acceptors (Lipinski definition) is 3. The molecule has 0 radical (unpaired) electrons. The van der Waals surface area contributed by atoms with E-state index < -0.39 is 18.0 Å². The van der Waals surface area contributed by atoms with Gasteiger partial charge in [-0.3, -0.25) is 9.59 Å². The van der Waals surface area contributed by atoms with Gasteiger partial charge in [0, 0.05) is 24.7 Å². The Balaban J connectivity index is 2.08. The predicted molar refractivity (Wildman–Crippen MR) is 95.1 cm³/mol. The third-order valence-electron chi connectivity index (χ3n) is 3.56. The Labute approximate surface area is 145 Å². The van der Waals surface area contributed by atoms with Crippen LogP contribution in [0.1, 0.15) is 15.9 Å². The van der Waals surface area contributed by atoms with Gasteiger partial charge in [0.2, 0.25) is 5.91 Å². The van der Waals surface area contributed by atoms with E-state index in [2.05, 4.69) is 16.0 Å². The van der Waals surface area contributed by atoms with Crippen LogP contribution in [-0.2, 0) is 11.2 Å². The number of amides is 4. The van der Waals surface area contributed by atoms with Crippen molar-refractivity contribution >= 4 is 23.5 Å². The minimum absolute atomic E-state index is 0.213. The lowest BCUT2D eigenvalue weighted by Gasteiger charge is -2.17. The molecule has 0 fully saturated rings. The molecule has 0 saturated heterocycles. The predicted octanol–water partition coefficient (Wildman–Crippen LogP) is 1.26. The molecule has 2 rings (SSSR count). The number of carbonyl (C=O) groups is 3. The fourth-order valence-corrected chi connectivity index (χ4v) is 2.31. The first-order chi connectivity index (χ1) is 12.0. The van der Waals surface area contributed by atoms with Crippen LogP contribution in [0.2, 0.25) is 0 Å². The van der Waals surface area contributed by atoms with E-state index in [0.717, 1.165) is 5.56 Å². The molecule has 2 aromatic carbocycles. The van der Waals surface area contributed by atoms with Crippen molar-refractivity contribution in [2.45, 2.75) is 12.5 Å². The Hall–Kier alpha value is -3.35. The van der Waals surface area contributed by atoms with Crippen LogP contribution in [0.25, 0.3) is 0 Å². The van der Waals surface area contributed by atoms with Gasteiger partial charge in [-0.1, -0.05) is 30.3 Å². The van der Waals surface area contributed by atoms with Crippen LogP contribution in [0, 0.1) is 0 Å². The standard InChI is InChI=1S/C18H20N4O3/c1-20-16(23)13-7-9-14(10-8-13)21-17(24)15(22-18(19)25)11-12-5-3-2-4-6-12/h2-10,15H,11H2,1H3,(H,20,23)(H,21,24)(H3,19,22,25)/t15-/m1/s1. The maximum atomic E-state index is 12.5. The summed E-state index contributed by atoms with van der Waals surface area (Å²) in [6, 6.07) is 14.2. The average Bonchev–Trinajstić information content (AvgIpc) is 2.61. The summed E-state index contributed by atoms with van der Waals surface area (Å²) in [6.45, 7) is 0. The number of urea groups is 1. The van der Waals surface area contributed by atoms with Gasteiger partial charge in [0.25, 0.3) is 5.91 Å². The molecule has 130 valence electrons. The Morgan fingerprint density at radius 3 is 2.20 bits per heavy atom. The molecule has 7 nitrogen and oxygen atoms in total. The maximum Gasteiger partial charge on any atom is 0.312 e. The Morgan fingerprint density at radius 2 is 1.64 bits per heavy atom. The monoisotopic (exact) mass is 340 g/mol. The highest BCUT2D eigenvalue weighted by Gasteiger charge is 2.20. The van der Waals surface area contributed by atoms with Gasteiger partial charge in [-0.15, -0.1) is 0 Å². The van der Waals surface area contributed by atoms with Crippen LogP contribution in [-0.4, -0.2) is 30.9 Å².